The van der Waals surface area contributed by atoms with Crippen LogP contribution in [0, 0.1) is 11.3 Å². The van der Waals surface area contributed by atoms with Crippen LogP contribution in [0.2, 0.25) is 0 Å². The average molecular weight is 169 g/mol. The lowest BCUT2D eigenvalue weighted by molar-refractivity contribution is -0.137. The molecular formula is C8H11NO3. The molecule has 0 heterocycles. The van der Waals surface area contributed by atoms with Gasteiger partial charge in [-0.2, -0.15) is 5.26 Å². The highest BCUT2D eigenvalue weighted by molar-refractivity contribution is 5.79. The van der Waals surface area contributed by atoms with Crippen molar-refractivity contribution in [3.8, 4) is 6.07 Å². The van der Waals surface area contributed by atoms with Crippen molar-refractivity contribution < 1.29 is 14.7 Å². The molecule has 0 atom stereocenters. The maximum atomic E-state index is 10.8. The first-order valence-electron chi connectivity index (χ1n) is 3.77. The number of nitriles is 1. The largest absolute Gasteiger partial charge is 0.481 e. The van der Waals surface area contributed by atoms with E-state index >= 15 is 0 Å². The van der Waals surface area contributed by atoms with Gasteiger partial charge in [-0.1, -0.05) is 0 Å². The lowest BCUT2D eigenvalue weighted by Gasteiger charge is -1.94. The number of rotatable bonds is 6. The first-order chi connectivity index (χ1) is 5.66. The van der Waals surface area contributed by atoms with Gasteiger partial charge in [-0.3, -0.25) is 9.59 Å². The Morgan fingerprint density at radius 2 is 1.92 bits per heavy atom. The van der Waals surface area contributed by atoms with E-state index in [0.717, 1.165) is 0 Å². The average Bonchev–Trinajstić information content (AvgIpc) is 2.00. The zero-order valence-corrected chi connectivity index (χ0v) is 6.75. The third-order valence-electron chi connectivity index (χ3n) is 1.36. The van der Waals surface area contributed by atoms with E-state index < -0.39 is 5.97 Å². The molecule has 0 amide bonds. The van der Waals surface area contributed by atoms with Crippen LogP contribution >= 0.6 is 0 Å². The van der Waals surface area contributed by atoms with E-state index in [0.29, 0.717) is 6.42 Å². The summed E-state index contributed by atoms with van der Waals surface area (Å²) in [5.41, 5.74) is 0. The summed E-state index contributed by atoms with van der Waals surface area (Å²) in [6.07, 6.45) is 1.15. The van der Waals surface area contributed by atoms with Gasteiger partial charge in [0, 0.05) is 25.7 Å². The Labute approximate surface area is 70.8 Å². The summed E-state index contributed by atoms with van der Waals surface area (Å²) >= 11 is 0. The minimum atomic E-state index is -0.886. The molecule has 0 saturated heterocycles. The van der Waals surface area contributed by atoms with Crippen LogP contribution in [0.5, 0.6) is 0 Å². The smallest absolute Gasteiger partial charge is 0.303 e. The van der Waals surface area contributed by atoms with E-state index in [4.69, 9.17) is 10.4 Å². The molecule has 66 valence electrons. The number of aliphatic carboxylic acids is 1. The summed E-state index contributed by atoms with van der Waals surface area (Å²) in [7, 11) is 0. The van der Waals surface area contributed by atoms with Crippen molar-refractivity contribution in [2.75, 3.05) is 0 Å². The summed E-state index contributed by atoms with van der Waals surface area (Å²) in [5, 5.41) is 16.4. The second-order valence-electron chi connectivity index (χ2n) is 2.44. The number of ketones is 1. The molecule has 0 bridgehead atoms. The Bertz CT molecular complexity index is 205. The molecule has 12 heavy (non-hydrogen) atoms. The number of carboxylic acids is 1. The molecule has 0 radical (unpaired) electrons. The van der Waals surface area contributed by atoms with Crippen LogP contribution in [0.4, 0.5) is 0 Å². The van der Waals surface area contributed by atoms with Crippen molar-refractivity contribution in [1.82, 2.24) is 0 Å². The molecule has 0 aromatic carbocycles. The minimum Gasteiger partial charge on any atom is -0.481 e. The topological polar surface area (TPSA) is 78.2 Å². The van der Waals surface area contributed by atoms with Gasteiger partial charge in [-0.05, 0) is 6.42 Å². The van der Waals surface area contributed by atoms with Crippen molar-refractivity contribution in [3.05, 3.63) is 0 Å². The van der Waals surface area contributed by atoms with Crippen LogP contribution in [0.3, 0.4) is 0 Å². The highest BCUT2D eigenvalue weighted by Gasteiger charge is 2.03. The van der Waals surface area contributed by atoms with Gasteiger partial charge in [0.2, 0.25) is 0 Å². The van der Waals surface area contributed by atoms with E-state index in [1.807, 2.05) is 6.07 Å². The summed E-state index contributed by atoms with van der Waals surface area (Å²) in [6, 6.07) is 1.86. The van der Waals surface area contributed by atoms with Crippen molar-refractivity contribution in [2.24, 2.45) is 0 Å². The molecule has 0 saturated carbocycles. The van der Waals surface area contributed by atoms with Crippen LogP contribution < -0.4 is 0 Å². The molecule has 0 aromatic heterocycles. The fourth-order valence-electron chi connectivity index (χ4n) is 0.757. The van der Waals surface area contributed by atoms with Crippen molar-refractivity contribution >= 4 is 11.8 Å². The Morgan fingerprint density at radius 3 is 2.42 bits per heavy atom. The highest BCUT2D eigenvalue weighted by atomic mass is 16.4. The molecule has 0 spiro atoms. The standard InChI is InChI=1S/C8H11NO3/c9-6-2-4-7(10)3-1-5-8(11)12/h1-5H2,(H,11,12). The summed E-state index contributed by atoms with van der Waals surface area (Å²) in [6.45, 7) is 0. The van der Waals surface area contributed by atoms with Crippen LogP contribution in [0.25, 0.3) is 0 Å². The van der Waals surface area contributed by atoms with Gasteiger partial charge in [0.1, 0.15) is 5.78 Å². The molecule has 0 fully saturated rings. The van der Waals surface area contributed by atoms with Gasteiger partial charge in [0.15, 0.2) is 0 Å². The molecule has 0 aromatic rings. The van der Waals surface area contributed by atoms with E-state index in [9.17, 15) is 9.59 Å². The zero-order chi connectivity index (χ0) is 9.40. The van der Waals surface area contributed by atoms with Gasteiger partial charge in [-0.25, -0.2) is 0 Å². The predicted molar refractivity (Wildman–Crippen MR) is 41.3 cm³/mol. The number of carboxylic acid groups (broad SMARTS) is 1. The number of hydrogen-bond donors (Lipinski definition) is 1. The molecule has 0 aliphatic heterocycles. The second kappa shape index (κ2) is 6.35. The van der Waals surface area contributed by atoms with Gasteiger partial charge >= 0.3 is 5.97 Å². The number of carbonyl (C=O) groups is 2. The Balaban J connectivity index is 3.33. The molecule has 0 rings (SSSR count). The van der Waals surface area contributed by atoms with E-state index in [1.165, 1.54) is 0 Å². The number of nitrogens with zero attached hydrogens (tertiary/aromatic N) is 1. The van der Waals surface area contributed by atoms with Gasteiger partial charge in [0.05, 0.1) is 6.07 Å². The van der Waals surface area contributed by atoms with Crippen LogP contribution in [0.1, 0.15) is 32.1 Å². The first kappa shape index (κ1) is 10.6. The van der Waals surface area contributed by atoms with Crippen molar-refractivity contribution in [1.29, 1.82) is 5.26 Å². The SMILES string of the molecule is N#CCCC(=O)CCCC(=O)O. The molecule has 0 aliphatic carbocycles. The van der Waals surface area contributed by atoms with Crippen LogP contribution in [0.15, 0.2) is 0 Å². The molecule has 1 N–H and O–H groups in total. The number of Topliss-reactive ketones (excluding diaryl/α,β-unsaturated/α-hetero) is 1. The fraction of sp³-hybridized carbons (Fsp3) is 0.625. The molecular weight excluding hydrogens is 158 g/mol. The van der Waals surface area contributed by atoms with E-state index in [2.05, 4.69) is 0 Å². The fourth-order valence-corrected chi connectivity index (χ4v) is 0.757. The Hall–Kier alpha value is -1.37. The maximum Gasteiger partial charge on any atom is 0.303 e. The van der Waals surface area contributed by atoms with Gasteiger partial charge in [0.25, 0.3) is 0 Å². The number of carbonyl (C=O) groups excluding carboxylic acids is 1. The lowest BCUT2D eigenvalue weighted by atomic mass is 10.1. The molecule has 4 nitrogen and oxygen atoms in total. The van der Waals surface area contributed by atoms with Gasteiger partial charge < -0.3 is 5.11 Å². The molecule has 0 unspecified atom stereocenters. The van der Waals surface area contributed by atoms with Crippen LogP contribution in [-0.2, 0) is 9.59 Å². The molecule has 4 heteroatoms. The van der Waals surface area contributed by atoms with Crippen molar-refractivity contribution in [2.45, 2.75) is 32.1 Å². The minimum absolute atomic E-state index is 0.0261. The first-order valence-corrected chi connectivity index (χ1v) is 3.77. The lowest BCUT2D eigenvalue weighted by Crippen LogP contribution is -2.00. The van der Waals surface area contributed by atoms with Crippen LogP contribution in [-0.4, -0.2) is 16.9 Å². The quantitative estimate of drug-likeness (QED) is 0.646. The summed E-state index contributed by atoms with van der Waals surface area (Å²) in [4.78, 5) is 20.9. The summed E-state index contributed by atoms with van der Waals surface area (Å²) < 4.78 is 0. The van der Waals surface area contributed by atoms with Crippen molar-refractivity contribution in [3.63, 3.8) is 0 Å². The monoisotopic (exact) mass is 169 g/mol. The predicted octanol–water partition coefficient (Wildman–Crippen LogP) is 1.11. The number of hydrogen-bond acceptors (Lipinski definition) is 3. The Kier molecular flexibility index (Phi) is 5.62. The zero-order valence-electron chi connectivity index (χ0n) is 6.75. The second-order valence-corrected chi connectivity index (χ2v) is 2.44. The Morgan fingerprint density at radius 1 is 1.25 bits per heavy atom. The maximum absolute atomic E-state index is 10.8. The third kappa shape index (κ3) is 6.75. The highest BCUT2D eigenvalue weighted by Crippen LogP contribution is 2.00. The molecule has 0 aliphatic rings. The summed E-state index contributed by atoms with van der Waals surface area (Å²) in [5.74, 6) is -0.916. The normalized spacial score (nSPS) is 8.92. The van der Waals surface area contributed by atoms with E-state index in [1.54, 1.807) is 0 Å². The van der Waals surface area contributed by atoms with Gasteiger partial charge in [-0.15, -0.1) is 0 Å². The van der Waals surface area contributed by atoms with E-state index in [-0.39, 0.29) is 31.5 Å². The third-order valence-corrected chi connectivity index (χ3v) is 1.36.